The van der Waals surface area contributed by atoms with Crippen molar-refractivity contribution in [2.75, 3.05) is 31.8 Å². The number of anilines is 1. The van der Waals surface area contributed by atoms with Crippen LogP contribution in [0, 0.1) is 0 Å². The molecule has 0 aliphatic heterocycles. The summed E-state index contributed by atoms with van der Waals surface area (Å²) in [6.45, 7) is 0.775. The van der Waals surface area contributed by atoms with Crippen molar-refractivity contribution in [3.63, 3.8) is 0 Å². The highest BCUT2D eigenvalue weighted by atomic mass is 32.2. The summed E-state index contributed by atoms with van der Waals surface area (Å²) in [5.74, 6) is 2.39. The molecule has 23 heavy (non-hydrogen) atoms. The number of hydrogen-bond donors (Lipinski definition) is 2. The lowest BCUT2D eigenvalue weighted by molar-refractivity contribution is 0.405. The number of methoxy groups -OCH3 is 2. The number of rotatable bonds is 7. The van der Waals surface area contributed by atoms with Crippen LogP contribution in [0.3, 0.4) is 0 Å². The second-order valence-electron chi connectivity index (χ2n) is 4.61. The molecule has 0 aromatic heterocycles. The molecule has 122 valence electrons. The number of hydrogen-bond acceptors (Lipinski definition) is 4. The van der Waals surface area contributed by atoms with Crippen molar-refractivity contribution in [3.05, 3.63) is 48.5 Å². The molecule has 0 atom stereocenters. The van der Waals surface area contributed by atoms with Crippen LogP contribution in [-0.4, -0.2) is 31.6 Å². The third-order valence-electron chi connectivity index (χ3n) is 3.05. The van der Waals surface area contributed by atoms with Crippen LogP contribution >= 0.6 is 24.0 Å². The smallest absolute Gasteiger partial charge is 0.170 e. The lowest BCUT2D eigenvalue weighted by atomic mass is 10.2. The summed E-state index contributed by atoms with van der Waals surface area (Å²) in [5.41, 5.74) is 0.778. The summed E-state index contributed by atoms with van der Waals surface area (Å²) in [5, 5.41) is 6.89. The van der Waals surface area contributed by atoms with Gasteiger partial charge in [0.05, 0.1) is 19.9 Å². The van der Waals surface area contributed by atoms with Gasteiger partial charge >= 0.3 is 0 Å². The van der Waals surface area contributed by atoms with Gasteiger partial charge in [-0.25, -0.2) is 0 Å². The van der Waals surface area contributed by atoms with E-state index in [1.165, 1.54) is 4.90 Å². The first-order valence-corrected chi connectivity index (χ1v) is 8.57. The van der Waals surface area contributed by atoms with Crippen molar-refractivity contribution in [2.24, 2.45) is 0 Å². The molecule has 0 saturated heterocycles. The van der Waals surface area contributed by atoms with E-state index in [4.69, 9.17) is 21.7 Å². The molecule has 2 rings (SSSR count). The molecule has 0 bridgehead atoms. The normalized spacial score (nSPS) is 10.0. The third kappa shape index (κ3) is 5.65. The highest BCUT2D eigenvalue weighted by molar-refractivity contribution is 7.99. The van der Waals surface area contributed by atoms with E-state index in [9.17, 15) is 0 Å². The van der Waals surface area contributed by atoms with Crippen LogP contribution in [0.5, 0.6) is 11.5 Å². The fraction of sp³-hybridized carbons (Fsp3) is 0.235. The molecule has 0 unspecified atom stereocenters. The Morgan fingerprint density at radius 1 is 1.09 bits per heavy atom. The summed E-state index contributed by atoms with van der Waals surface area (Å²) >= 11 is 7.11. The number of thiocarbonyl (C=S) groups is 1. The number of benzene rings is 2. The average molecular weight is 348 g/mol. The molecule has 2 aromatic rings. The Bertz CT molecular complexity index is 636. The molecule has 0 aliphatic rings. The zero-order valence-corrected chi connectivity index (χ0v) is 14.8. The van der Waals surface area contributed by atoms with Gasteiger partial charge in [0, 0.05) is 23.3 Å². The van der Waals surface area contributed by atoms with Gasteiger partial charge in [-0.1, -0.05) is 18.2 Å². The van der Waals surface area contributed by atoms with E-state index in [1.54, 1.807) is 26.0 Å². The summed E-state index contributed by atoms with van der Waals surface area (Å²) in [6, 6.07) is 15.8. The van der Waals surface area contributed by atoms with Gasteiger partial charge in [0.2, 0.25) is 0 Å². The zero-order valence-electron chi connectivity index (χ0n) is 13.2. The van der Waals surface area contributed by atoms with Crippen molar-refractivity contribution < 1.29 is 9.47 Å². The Balaban J connectivity index is 1.80. The topological polar surface area (TPSA) is 42.5 Å². The molecule has 2 N–H and O–H groups in total. The van der Waals surface area contributed by atoms with E-state index in [2.05, 4.69) is 22.8 Å². The van der Waals surface area contributed by atoms with Crippen LogP contribution in [0.15, 0.2) is 53.4 Å². The lowest BCUT2D eigenvalue weighted by Gasteiger charge is -2.14. The summed E-state index contributed by atoms with van der Waals surface area (Å²) < 4.78 is 10.5. The Labute approximate surface area is 146 Å². The quantitative estimate of drug-likeness (QED) is 0.451. The van der Waals surface area contributed by atoms with E-state index in [1.807, 2.05) is 36.4 Å². The lowest BCUT2D eigenvalue weighted by Crippen LogP contribution is -2.30. The van der Waals surface area contributed by atoms with Crippen molar-refractivity contribution in [2.45, 2.75) is 4.90 Å². The fourth-order valence-corrected chi connectivity index (χ4v) is 2.93. The molecule has 0 fully saturated rings. The maximum atomic E-state index is 5.33. The van der Waals surface area contributed by atoms with Gasteiger partial charge in [0.15, 0.2) is 5.11 Å². The van der Waals surface area contributed by atoms with Crippen molar-refractivity contribution in [1.29, 1.82) is 0 Å². The monoisotopic (exact) mass is 348 g/mol. The Morgan fingerprint density at radius 2 is 1.87 bits per heavy atom. The van der Waals surface area contributed by atoms with Crippen LogP contribution in [0.2, 0.25) is 0 Å². The van der Waals surface area contributed by atoms with Gasteiger partial charge < -0.3 is 20.1 Å². The molecule has 4 nitrogen and oxygen atoms in total. The first kappa shape index (κ1) is 17.4. The first-order valence-electron chi connectivity index (χ1n) is 7.17. The number of ether oxygens (including phenoxy) is 2. The van der Waals surface area contributed by atoms with Crippen LogP contribution in [0.1, 0.15) is 0 Å². The van der Waals surface area contributed by atoms with E-state index in [0.717, 1.165) is 23.7 Å². The van der Waals surface area contributed by atoms with E-state index in [-0.39, 0.29) is 0 Å². The largest absolute Gasteiger partial charge is 0.497 e. The minimum absolute atomic E-state index is 0.560. The van der Waals surface area contributed by atoms with Crippen molar-refractivity contribution in [1.82, 2.24) is 5.32 Å². The molecule has 2 aromatic carbocycles. The summed E-state index contributed by atoms with van der Waals surface area (Å²) in [4.78, 5) is 1.25. The molecule has 0 spiro atoms. The van der Waals surface area contributed by atoms with E-state index < -0.39 is 0 Å². The van der Waals surface area contributed by atoms with Gasteiger partial charge in [0.1, 0.15) is 11.5 Å². The third-order valence-corrected chi connectivity index (χ3v) is 4.31. The average Bonchev–Trinajstić information content (AvgIpc) is 2.59. The van der Waals surface area contributed by atoms with Crippen LogP contribution < -0.4 is 20.1 Å². The van der Waals surface area contributed by atoms with E-state index >= 15 is 0 Å². The predicted octanol–water partition coefficient (Wildman–Crippen LogP) is 3.78. The number of thioether (sulfide) groups is 1. The highest BCUT2D eigenvalue weighted by Gasteiger charge is 2.06. The van der Waals surface area contributed by atoms with Gasteiger partial charge in [-0.15, -0.1) is 11.8 Å². The van der Waals surface area contributed by atoms with Crippen molar-refractivity contribution in [3.8, 4) is 11.5 Å². The molecule has 6 heteroatoms. The molecule has 0 radical (unpaired) electrons. The Hall–Kier alpha value is -1.92. The molecular weight excluding hydrogens is 328 g/mol. The first-order chi connectivity index (χ1) is 11.2. The maximum Gasteiger partial charge on any atom is 0.170 e. The van der Waals surface area contributed by atoms with Crippen LogP contribution in [0.4, 0.5) is 5.69 Å². The highest BCUT2D eigenvalue weighted by Crippen LogP contribution is 2.28. The molecule has 0 saturated carbocycles. The van der Waals surface area contributed by atoms with Gasteiger partial charge in [-0.2, -0.15) is 0 Å². The van der Waals surface area contributed by atoms with Gasteiger partial charge in [-0.3, -0.25) is 0 Å². The molecule has 0 heterocycles. The fourth-order valence-electron chi connectivity index (χ4n) is 1.93. The minimum Gasteiger partial charge on any atom is -0.497 e. The Kier molecular flexibility index (Phi) is 7.03. The SMILES string of the molecule is COc1ccc(OC)c(NC(=S)NCCSc2ccccc2)c1. The predicted molar refractivity (Wildman–Crippen MR) is 101 cm³/mol. The summed E-state index contributed by atoms with van der Waals surface area (Å²) in [6.07, 6.45) is 0. The standard InChI is InChI=1S/C17H20N2O2S2/c1-20-13-8-9-16(21-2)15(12-13)19-17(22)18-10-11-23-14-6-4-3-5-7-14/h3-9,12H,10-11H2,1-2H3,(H2,18,19,22). The minimum atomic E-state index is 0.560. The zero-order chi connectivity index (χ0) is 16.5. The molecular formula is C17H20N2O2S2. The second kappa shape index (κ2) is 9.27. The number of nitrogens with one attached hydrogen (secondary N) is 2. The van der Waals surface area contributed by atoms with Crippen LogP contribution in [0.25, 0.3) is 0 Å². The Morgan fingerprint density at radius 3 is 2.57 bits per heavy atom. The second-order valence-corrected chi connectivity index (χ2v) is 6.19. The van der Waals surface area contributed by atoms with E-state index in [0.29, 0.717) is 10.9 Å². The van der Waals surface area contributed by atoms with Crippen molar-refractivity contribution >= 4 is 34.8 Å². The molecule has 0 amide bonds. The summed E-state index contributed by atoms with van der Waals surface area (Å²) in [7, 11) is 3.25. The molecule has 0 aliphatic carbocycles. The maximum absolute atomic E-state index is 5.33. The van der Waals surface area contributed by atoms with Gasteiger partial charge in [-0.05, 0) is 36.5 Å². The van der Waals surface area contributed by atoms with Gasteiger partial charge in [0.25, 0.3) is 0 Å². The van der Waals surface area contributed by atoms with Crippen LogP contribution in [-0.2, 0) is 0 Å².